The fourth-order valence-corrected chi connectivity index (χ4v) is 3.14. The van der Waals surface area contributed by atoms with Gasteiger partial charge in [0, 0.05) is 16.6 Å². The van der Waals surface area contributed by atoms with Gasteiger partial charge in [-0.3, -0.25) is 4.79 Å². The molecule has 1 heterocycles. The molecule has 2 aromatic carbocycles. The summed E-state index contributed by atoms with van der Waals surface area (Å²) in [4.78, 5) is 13.1. The summed E-state index contributed by atoms with van der Waals surface area (Å²) in [5.74, 6) is 0.640. The van der Waals surface area contributed by atoms with Gasteiger partial charge >= 0.3 is 0 Å². The standard InChI is InChI=1S/C20H21NO3/c1-4-18(22)21-13(2)19(20(23)14-8-6-5-7-9-14)16-12-15(24-3)10-11-17(16)21/h5-12,18,22H,4H2,1-3H3. The Kier molecular flexibility index (Phi) is 4.40. The summed E-state index contributed by atoms with van der Waals surface area (Å²) in [5, 5.41) is 11.2. The van der Waals surface area contributed by atoms with Crippen molar-refractivity contribution in [1.82, 2.24) is 4.57 Å². The minimum Gasteiger partial charge on any atom is -0.497 e. The van der Waals surface area contributed by atoms with Crippen LogP contribution in [0.1, 0.15) is 41.2 Å². The average Bonchev–Trinajstić information content (AvgIpc) is 2.92. The van der Waals surface area contributed by atoms with E-state index in [2.05, 4.69) is 0 Å². The maximum atomic E-state index is 13.1. The molecule has 0 aliphatic heterocycles. The summed E-state index contributed by atoms with van der Waals surface area (Å²) in [5.41, 5.74) is 2.85. The van der Waals surface area contributed by atoms with Gasteiger partial charge in [0.2, 0.25) is 0 Å². The number of rotatable bonds is 5. The first-order valence-corrected chi connectivity index (χ1v) is 8.04. The van der Waals surface area contributed by atoms with Crippen molar-refractivity contribution in [3.05, 3.63) is 65.4 Å². The molecule has 0 radical (unpaired) electrons. The van der Waals surface area contributed by atoms with Crippen molar-refractivity contribution >= 4 is 16.7 Å². The fraction of sp³-hybridized carbons (Fsp3) is 0.250. The minimum absolute atomic E-state index is 0.0478. The number of benzene rings is 2. The highest BCUT2D eigenvalue weighted by Gasteiger charge is 2.23. The zero-order chi connectivity index (χ0) is 17.3. The molecule has 0 fully saturated rings. The number of carbonyl (C=O) groups excluding carboxylic acids is 1. The predicted molar refractivity (Wildman–Crippen MR) is 94.6 cm³/mol. The third kappa shape index (κ3) is 2.59. The number of ketones is 1. The zero-order valence-electron chi connectivity index (χ0n) is 14.1. The van der Waals surface area contributed by atoms with Gasteiger partial charge < -0.3 is 14.4 Å². The molecule has 0 amide bonds. The van der Waals surface area contributed by atoms with Crippen LogP contribution >= 0.6 is 0 Å². The number of fused-ring (bicyclic) bond motifs is 1. The molecule has 0 spiro atoms. The molecule has 1 aromatic heterocycles. The lowest BCUT2D eigenvalue weighted by Crippen LogP contribution is -2.10. The molecule has 24 heavy (non-hydrogen) atoms. The van der Waals surface area contributed by atoms with E-state index in [0.717, 1.165) is 16.6 Å². The van der Waals surface area contributed by atoms with Crippen LogP contribution in [0.2, 0.25) is 0 Å². The summed E-state index contributed by atoms with van der Waals surface area (Å²) >= 11 is 0. The normalized spacial score (nSPS) is 12.3. The summed E-state index contributed by atoms with van der Waals surface area (Å²) in [7, 11) is 1.60. The Morgan fingerprint density at radius 1 is 1.21 bits per heavy atom. The van der Waals surface area contributed by atoms with Crippen LogP contribution in [0.3, 0.4) is 0 Å². The van der Waals surface area contributed by atoms with Crippen molar-refractivity contribution in [2.45, 2.75) is 26.5 Å². The lowest BCUT2D eigenvalue weighted by atomic mass is 10.0. The Labute approximate surface area is 141 Å². The first kappa shape index (κ1) is 16.3. The van der Waals surface area contributed by atoms with Crippen LogP contribution in [-0.4, -0.2) is 22.6 Å². The van der Waals surface area contributed by atoms with Crippen LogP contribution in [0.25, 0.3) is 10.9 Å². The Bertz CT molecular complexity index is 881. The molecule has 0 saturated heterocycles. The Morgan fingerprint density at radius 3 is 2.54 bits per heavy atom. The van der Waals surface area contributed by atoms with Crippen molar-refractivity contribution in [2.24, 2.45) is 0 Å². The molecular weight excluding hydrogens is 302 g/mol. The molecule has 0 bridgehead atoms. The molecule has 0 saturated carbocycles. The van der Waals surface area contributed by atoms with Gasteiger partial charge in [-0.2, -0.15) is 0 Å². The van der Waals surface area contributed by atoms with Gasteiger partial charge in [-0.1, -0.05) is 37.3 Å². The van der Waals surface area contributed by atoms with Gasteiger partial charge in [-0.25, -0.2) is 0 Å². The molecule has 4 heteroatoms. The van der Waals surface area contributed by atoms with E-state index in [9.17, 15) is 9.90 Å². The third-order valence-corrected chi connectivity index (χ3v) is 4.38. The van der Waals surface area contributed by atoms with Crippen LogP contribution in [0.15, 0.2) is 48.5 Å². The lowest BCUT2D eigenvalue weighted by Gasteiger charge is -2.14. The highest BCUT2D eigenvalue weighted by Crippen LogP contribution is 2.33. The topological polar surface area (TPSA) is 51.5 Å². The number of aliphatic hydroxyl groups excluding tert-OH is 1. The van der Waals surface area contributed by atoms with E-state index in [1.165, 1.54) is 0 Å². The predicted octanol–water partition coefficient (Wildman–Crippen LogP) is 4.09. The highest BCUT2D eigenvalue weighted by molar-refractivity contribution is 6.17. The number of hydrogen-bond acceptors (Lipinski definition) is 3. The molecule has 124 valence electrons. The van der Waals surface area contributed by atoms with E-state index in [1.807, 2.05) is 54.8 Å². The Morgan fingerprint density at radius 2 is 1.92 bits per heavy atom. The lowest BCUT2D eigenvalue weighted by molar-refractivity contribution is 0.100. The van der Waals surface area contributed by atoms with Gasteiger partial charge in [-0.15, -0.1) is 0 Å². The first-order chi connectivity index (χ1) is 11.6. The van der Waals surface area contributed by atoms with Crippen molar-refractivity contribution in [1.29, 1.82) is 0 Å². The van der Waals surface area contributed by atoms with Gasteiger partial charge in [0.25, 0.3) is 0 Å². The van der Waals surface area contributed by atoms with Crippen molar-refractivity contribution in [3.63, 3.8) is 0 Å². The highest BCUT2D eigenvalue weighted by atomic mass is 16.5. The number of ether oxygens (including phenoxy) is 1. The average molecular weight is 323 g/mol. The molecule has 0 aliphatic rings. The van der Waals surface area contributed by atoms with Crippen LogP contribution in [0.5, 0.6) is 5.75 Å². The van der Waals surface area contributed by atoms with Crippen molar-refractivity contribution in [2.75, 3.05) is 7.11 Å². The van der Waals surface area contributed by atoms with Gasteiger partial charge in [-0.05, 0) is 31.5 Å². The van der Waals surface area contributed by atoms with E-state index >= 15 is 0 Å². The second kappa shape index (κ2) is 6.49. The monoisotopic (exact) mass is 323 g/mol. The second-order valence-electron chi connectivity index (χ2n) is 5.80. The molecule has 0 aliphatic carbocycles. The van der Waals surface area contributed by atoms with Crippen LogP contribution in [0, 0.1) is 6.92 Å². The SMILES string of the molecule is CCC(O)n1c(C)c(C(=O)c2ccccc2)c2cc(OC)ccc21. The quantitative estimate of drug-likeness (QED) is 0.720. The maximum absolute atomic E-state index is 13.1. The second-order valence-corrected chi connectivity index (χ2v) is 5.80. The molecule has 4 nitrogen and oxygen atoms in total. The van der Waals surface area contributed by atoms with Crippen LogP contribution in [-0.2, 0) is 0 Å². The molecule has 1 N–H and O–H groups in total. The number of hydrogen-bond donors (Lipinski definition) is 1. The molecule has 1 atom stereocenters. The van der Waals surface area contributed by atoms with Crippen molar-refractivity contribution < 1.29 is 14.6 Å². The first-order valence-electron chi connectivity index (χ1n) is 8.04. The number of aliphatic hydroxyl groups is 1. The van der Waals surface area contributed by atoms with E-state index < -0.39 is 6.23 Å². The molecule has 3 aromatic rings. The third-order valence-electron chi connectivity index (χ3n) is 4.38. The molecule has 1 unspecified atom stereocenters. The summed E-state index contributed by atoms with van der Waals surface area (Å²) in [6.07, 6.45) is -0.103. The van der Waals surface area contributed by atoms with Gasteiger partial charge in [0.15, 0.2) is 5.78 Å². The number of methoxy groups -OCH3 is 1. The number of aromatic nitrogens is 1. The minimum atomic E-state index is -0.668. The number of nitrogens with zero attached hydrogens (tertiary/aromatic N) is 1. The van der Waals surface area contributed by atoms with Crippen molar-refractivity contribution in [3.8, 4) is 5.75 Å². The van der Waals surface area contributed by atoms with Crippen LogP contribution in [0.4, 0.5) is 0 Å². The van der Waals surface area contributed by atoms with Gasteiger partial charge in [0.05, 0.1) is 18.2 Å². The summed E-state index contributed by atoms with van der Waals surface area (Å²) in [6.45, 7) is 3.79. The summed E-state index contributed by atoms with van der Waals surface area (Å²) in [6, 6.07) is 14.8. The van der Waals surface area contributed by atoms with E-state index in [1.54, 1.807) is 19.2 Å². The Hall–Kier alpha value is -2.59. The molecule has 3 rings (SSSR count). The molecular formula is C20H21NO3. The van der Waals surface area contributed by atoms with E-state index in [0.29, 0.717) is 23.3 Å². The van der Waals surface area contributed by atoms with Gasteiger partial charge in [0.1, 0.15) is 12.0 Å². The zero-order valence-corrected chi connectivity index (χ0v) is 14.1. The number of carbonyl (C=O) groups is 1. The van der Waals surface area contributed by atoms with Crippen LogP contribution < -0.4 is 4.74 Å². The largest absolute Gasteiger partial charge is 0.497 e. The maximum Gasteiger partial charge on any atom is 0.195 e. The fourth-order valence-electron chi connectivity index (χ4n) is 3.14. The smallest absolute Gasteiger partial charge is 0.195 e. The summed E-state index contributed by atoms with van der Waals surface area (Å²) < 4.78 is 7.14. The Balaban J connectivity index is 2.29. The van der Waals surface area contributed by atoms with E-state index in [-0.39, 0.29) is 5.78 Å². The van der Waals surface area contributed by atoms with E-state index in [4.69, 9.17) is 4.74 Å².